The standard InChI is InChI=1S/C32H32Cl2N4O6S2/c1-45(41,42)37(21-23-3-11-27(33)12-4-23)29-15-7-25(8-16-29)31(39)35-19-20-36-32(40)26-9-17-30(18-10-26)38(46(2,43)44)22-24-5-13-28(34)14-6-24/h3-18H,19-22H2,1-2H3,(H,35,39)(H,36,40). The molecule has 0 heterocycles. The number of anilines is 2. The number of sulfonamides is 2. The number of carbonyl (C=O) groups excluding carboxylic acids is 2. The Hall–Kier alpha value is -4.10. The van der Waals surface area contributed by atoms with Crippen LogP contribution in [0.5, 0.6) is 0 Å². The summed E-state index contributed by atoms with van der Waals surface area (Å²) in [5.74, 6) is -0.786. The summed E-state index contributed by atoms with van der Waals surface area (Å²) in [5.41, 5.74) is 2.94. The molecular weight excluding hydrogens is 671 g/mol. The third kappa shape index (κ3) is 9.70. The van der Waals surface area contributed by atoms with E-state index >= 15 is 0 Å². The average Bonchev–Trinajstić information content (AvgIpc) is 3.01. The SMILES string of the molecule is CS(=O)(=O)N(Cc1ccc(Cl)cc1)c1ccc(C(=O)NCCNC(=O)c2ccc(N(Cc3ccc(Cl)cc3)S(C)(=O)=O)cc2)cc1. The van der Waals surface area contributed by atoms with Crippen molar-refractivity contribution >= 4 is 66.4 Å². The number of amides is 2. The lowest BCUT2D eigenvalue weighted by molar-refractivity contribution is 0.0927. The van der Waals surface area contributed by atoms with E-state index < -0.39 is 31.9 Å². The van der Waals surface area contributed by atoms with E-state index in [1.54, 1.807) is 72.8 Å². The molecule has 4 rings (SSSR count). The van der Waals surface area contributed by atoms with Gasteiger partial charge >= 0.3 is 0 Å². The summed E-state index contributed by atoms with van der Waals surface area (Å²) in [7, 11) is -7.22. The number of nitrogens with zero attached hydrogens (tertiary/aromatic N) is 2. The molecule has 0 aliphatic carbocycles. The van der Waals surface area contributed by atoms with Crippen molar-refractivity contribution in [2.24, 2.45) is 0 Å². The zero-order valence-corrected chi connectivity index (χ0v) is 28.1. The molecule has 0 saturated carbocycles. The van der Waals surface area contributed by atoms with Crippen molar-refractivity contribution in [3.8, 4) is 0 Å². The molecule has 2 N–H and O–H groups in total. The first-order valence-corrected chi connectivity index (χ1v) is 18.4. The van der Waals surface area contributed by atoms with Gasteiger partial charge in [-0.25, -0.2) is 16.8 Å². The third-order valence-corrected chi connectivity index (χ3v) is 9.60. The molecule has 0 radical (unpaired) electrons. The van der Waals surface area contributed by atoms with Crippen molar-refractivity contribution in [1.29, 1.82) is 0 Å². The fraction of sp³-hybridized carbons (Fsp3) is 0.188. The van der Waals surface area contributed by atoms with Crippen LogP contribution in [0, 0.1) is 0 Å². The van der Waals surface area contributed by atoms with Crippen LogP contribution in [-0.2, 0) is 33.1 Å². The number of hydrogen-bond donors (Lipinski definition) is 2. The molecule has 0 saturated heterocycles. The molecule has 4 aromatic rings. The Bertz CT molecular complexity index is 1750. The van der Waals surface area contributed by atoms with Crippen molar-refractivity contribution < 1.29 is 26.4 Å². The van der Waals surface area contributed by atoms with E-state index in [-0.39, 0.29) is 26.2 Å². The molecule has 4 aromatic carbocycles. The molecule has 2 amide bonds. The molecular formula is C32H32Cl2N4O6S2. The first-order chi connectivity index (χ1) is 21.7. The maximum absolute atomic E-state index is 12.7. The van der Waals surface area contributed by atoms with Crippen molar-refractivity contribution in [3.63, 3.8) is 0 Å². The van der Waals surface area contributed by atoms with Crippen LogP contribution in [-0.4, -0.2) is 54.3 Å². The fourth-order valence-electron chi connectivity index (χ4n) is 4.43. The fourth-order valence-corrected chi connectivity index (χ4v) is 6.45. The van der Waals surface area contributed by atoms with Crippen LogP contribution in [0.1, 0.15) is 31.8 Å². The molecule has 0 aromatic heterocycles. The number of hydrogen-bond acceptors (Lipinski definition) is 6. The summed E-state index contributed by atoms with van der Waals surface area (Å²) in [6.07, 6.45) is 2.22. The summed E-state index contributed by atoms with van der Waals surface area (Å²) < 4.78 is 52.4. The van der Waals surface area contributed by atoms with Crippen molar-refractivity contribution in [1.82, 2.24) is 10.6 Å². The summed E-state index contributed by atoms with van der Waals surface area (Å²) in [4.78, 5) is 25.3. The summed E-state index contributed by atoms with van der Waals surface area (Å²) in [5, 5.41) is 6.52. The van der Waals surface area contributed by atoms with Gasteiger partial charge in [-0.1, -0.05) is 47.5 Å². The number of carbonyl (C=O) groups is 2. The van der Waals surface area contributed by atoms with Crippen molar-refractivity contribution in [3.05, 3.63) is 129 Å². The third-order valence-electron chi connectivity index (χ3n) is 6.81. The number of benzene rings is 4. The van der Waals surface area contributed by atoms with Gasteiger partial charge in [0.2, 0.25) is 20.0 Å². The van der Waals surface area contributed by atoms with Gasteiger partial charge in [-0.05, 0) is 83.9 Å². The Morgan fingerprint density at radius 3 is 1.13 bits per heavy atom. The van der Waals surface area contributed by atoms with Gasteiger partial charge in [-0.2, -0.15) is 0 Å². The number of nitrogens with one attached hydrogen (secondary N) is 2. The largest absolute Gasteiger partial charge is 0.350 e. The highest BCUT2D eigenvalue weighted by atomic mass is 35.5. The van der Waals surface area contributed by atoms with E-state index in [1.165, 1.54) is 32.9 Å². The minimum atomic E-state index is -3.61. The molecule has 46 heavy (non-hydrogen) atoms. The topological polar surface area (TPSA) is 133 Å². The summed E-state index contributed by atoms with van der Waals surface area (Å²) in [6.45, 7) is 0.478. The van der Waals surface area contributed by atoms with Gasteiger partial charge in [0.1, 0.15) is 0 Å². The van der Waals surface area contributed by atoms with Gasteiger partial charge in [0.15, 0.2) is 0 Å². The predicted octanol–water partition coefficient (Wildman–Crippen LogP) is 5.09. The van der Waals surface area contributed by atoms with Gasteiger partial charge in [0.25, 0.3) is 11.8 Å². The molecule has 0 unspecified atom stereocenters. The zero-order chi connectivity index (χ0) is 33.5. The van der Waals surface area contributed by atoms with Crippen LogP contribution < -0.4 is 19.2 Å². The van der Waals surface area contributed by atoms with Crippen LogP contribution in [0.2, 0.25) is 10.0 Å². The van der Waals surface area contributed by atoms with E-state index in [1.807, 2.05) is 0 Å². The quantitative estimate of drug-likeness (QED) is 0.187. The highest BCUT2D eigenvalue weighted by molar-refractivity contribution is 7.92. The molecule has 0 atom stereocenters. The van der Waals surface area contributed by atoms with E-state index in [4.69, 9.17) is 23.2 Å². The molecule has 10 nitrogen and oxygen atoms in total. The van der Waals surface area contributed by atoms with E-state index in [9.17, 15) is 26.4 Å². The second-order valence-corrected chi connectivity index (χ2v) is 15.1. The lowest BCUT2D eigenvalue weighted by atomic mass is 10.1. The lowest BCUT2D eigenvalue weighted by Crippen LogP contribution is -2.34. The zero-order valence-electron chi connectivity index (χ0n) is 25.0. The van der Waals surface area contributed by atoms with Crippen molar-refractivity contribution in [2.45, 2.75) is 13.1 Å². The second kappa shape index (κ2) is 15.0. The Labute approximate surface area is 279 Å². The number of rotatable bonds is 13. The van der Waals surface area contributed by atoms with E-state index in [0.717, 1.165) is 23.6 Å². The number of halogens is 2. The minimum Gasteiger partial charge on any atom is -0.350 e. The molecule has 0 spiro atoms. The first kappa shape index (κ1) is 34.8. The molecule has 0 bridgehead atoms. The van der Waals surface area contributed by atoms with Crippen LogP contribution >= 0.6 is 23.2 Å². The van der Waals surface area contributed by atoms with Crippen molar-refractivity contribution in [2.75, 3.05) is 34.2 Å². The smallest absolute Gasteiger partial charge is 0.251 e. The minimum absolute atomic E-state index is 0.101. The molecule has 0 aliphatic heterocycles. The van der Waals surface area contributed by atoms with E-state index in [2.05, 4.69) is 10.6 Å². The van der Waals surface area contributed by atoms with Crippen LogP contribution in [0.15, 0.2) is 97.1 Å². The highest BCUT2D eigenvalue weighted by Gasteiger charge is 2.20. The normalized spacial score (nSPS) is 11.5. The summed E-state index contributed by atoms with van der Waals surface area (Å²) >= 11 is 11.9. The van der Waals surface area contributed by atoms with E-state index in [0.29, 0.717) is 32.5 Å². The molecule has 14 heteroatoms. The molecule has 0 aliphatic rings. The lowest BCUT2D eigenvalue weighted by Gasteiger charge is -2.23. The van der Waals surface area contributed by atoms with Gasteiger partial charge in [-0.3, -0.25) is 18.2 Å². The maximum Gasteiger partial charge on any atom is 0.251 e. The van der Waals surface area contributed by atoms with Gasteiger partial charge < -0.3 is 10.6 Å². The monoisotopic (exact) mass is 702 g/mol. The summed E-state index contributed by atoms with van der Waals surface area (Å²) in [6, 6.07) is 26.0. The van der Waals surface area contributed by atoms with Gasteiger partial charge in [0, 0.05) is 34.3 Å². The molecule has 0 fully saturated rings. The van der Waals surface area contributed by atoms with Crippen LogP contribution in [0.25, 0.3) is 0 Å². The predicted molar refractivity (Wildman–Crippen MR) is 183 cm³/mol. The van der Waals surface area contributed by atoms with Crippen LogP contribution in [0.3, 0.4) is 0 Å². The van der Waals surface area contributed by atoms with Crippen LogP contribution in [0.4, 0.5) is 11.4 Å². The van der Waals surface area contributed by atoms with Gasteiger partial charge in [-0.15, -0.1) is 0 Å². The Kier molecular flexibility index (Phi) is 11.3. The Morgan fingerprint density at radius 1 is 0.543 bits per heavy atom. The maximum atomic E-state index is 12.7. The highest BCUT2D eigenvalue weighted by Crippen LogP contribution is 2.23. The molecule has 242 valence electrons. The average molecular weight is 704 g/mol. The second-order valence-electron chi connectivity index (χ2n) is 10.4. The van der Waals surface area contributed by atoms with Gasteiger partial charge in [0.05, 0.1) is 37.0 Å². The Morgan fingerprint density at radius 2 is 0.848 bits per heavy atom. The Balaban J connectivity index is 1.30. The first-order valence-electron chi connectivity index (χ1n) is 13.9.